The smallest absolute Gasteiger partial charge is 0.237 e. The van der Waals surface area contributed by atoms with Crippen LogP contribution in [0.2, 0.25) is 0 Å². The van der Waals surface area contributed by atoms with Crippen molar-refractivity contribution in [3.8, 4) is 0 Å². The van der Waals surface area contributed by atoms with Gasteiger partial charge in [-0.15, -0.1) is 0 Å². The number of benzene rings is 1. The SMILES string of the molecule is Cc1ccc2c(c1)CC1(C2)C(=O)Nc2ncccc21. The first-order chi connectivity index (χ1) is 9.19. The van der Waals surface area contributed by atoms with Crippen molar-refractivity contribution >= 4 is 11.7 Å². The molecule has 4 rings (SSSR count). The molecule has 1 N–H and O–H groups in total. The Kier molecular flexibility index (Phi) is 1.94. The molecule has 19 heavy (non-hydrogen) atoms. The fourth-order valence-corrected chi connectivity index (χ4v) is 3.40. The summed E-state index contributed by atoms with van der Waals surface area (Å²) in [6.45, 7) is 2.09. The first-order valence-corrected chi connectivity index (χ1v) is 6.54. The number of amides is 1. The van der Waals surface area contributed by atoms with Crippen LogP contribution >= 0.6 is 0 Å². The monoisotopic (exact) mass is 250 g/mol. The van der Waals surface area contributed by atoms with Gasteiger partial charge in [0.2, 0.25) is 5.91 Å². The quantitative estimate of drug-likeness (QED) is 0.780. The van der Waals surface area contributed by atoms with E-state index in [0.717, 1.165) is 24.2 Å². The van der Waals surface area contributed by atoms with E-state index in [9.17, 15) is 4.79 Å². The van der Waals surface area contributed by atoms with E-state index in [-0.39, 0.29) is 5.91 Å². The largest absolute Gasteiger partial charge is 0.310 e. The van der Waals surface area contributed by atoms with E-state index in [1.807, 2.05) is 12.1 Å². The molecule has 2 heterocycles. The zero-order chi connectivity index (χ0) is 13.0. The summed E-state index contributed by atoms with van der Waals surface area (Å²) in [4.78, 5) is 16.7. The minimum Gasteiger partial charge on any atom is -0.310 e. The second kappa shape index (κ2) is 3.44. The molecule has 1 atom stereocenters. The fraction of sp³-hybridized carbons (Fsp3) is 0.250. The normalized spacial score (nSPS) is 23.3. The highest BCUT2D eigenvalue weighted by atomic mass is 16.2. The van der Waals surface area contributed by atoms with Crippen LogP contribution in [0, 0.1) is 6.92 Å². The van der Waals surface area contributed by atoms with Gasteiger partial charge in [-0.05, 0) is 37.0 Å². The highest BCUT2D eigenvalue weighted by Gasteiger charge is 2.50. The van der Waals surface area contributed by atoms with Gasteiger partial charge in [0.1, 0.15) is 5.82 Å². The predicted octanol–water partition coefficient (Wildman–Crippen LogP) is 2.38. The molecule has 0 bridgehead atoms. The Bertz CT molecular complexity index is 708. The molecule has 1 aromatic carbocycles. The van der Waals surface area contributed by atoms with E-state index < -0.39 is 5.41 Å². The van der Waals surface area contributed by atoms with Gasteiger partial charge in [-0.2, -0.15) is 0 Å². The molecule has 1 unspecified atom stereocenters. The van der Waals surface area contributed by atoms with Gasteiger partial charge < -0.3 is 5.32 Å². The molecule has 3 nitrogen and oxygen atoms in total. The van der Waals surface area contributed by atoms with Crippen LogP contribution < -0.4 is 5.32 Å². The lowest BCUT2D eigenvalue weighted by atomic mass is 9.79. The van der Waals surface area contributed by atoms with Gasteiger partial charge in [-0.25, -0.2) is 4.98 Å². The lowest BCUT2D eigenvalue weighted by Crippen LogP contribution is -2.35. The van der Waals surface area contributed by atoms with Crippen molar-refractivity contribution in [1.29, 1.82) is 0 Å². The number of rotatable bonds is 0. The van der Waals surface area contributed by atoms with Gasteiger partial charge in [0.05, 0.1) is 5.41 Å². The second-order valence-corrected chi connectivity index (χ2v) is 5.56. The molecule has 3 heteroatoms. The molecule has 0 saturated carbocycles. The summed E-state index contributed by atoms with van der Waals surface area (Å²) >= 11 is 0. The summed E-state index contributed by atoms with van der Waals surface area (Å²) in [7, 11) is 0. The molecule has 1 aliphatic carbocycles. The molecule has 0 fully saturated rings. The van der Waals surface area contributed by atoms with Gasteiger partial charge in [0.15, 0.2) is 0 Å². The van der Waals surface area contributed by atoms with Crippen molar-refractivity contribution in [1.82, 2.24) is 4.98 Å². The van der Waals surface area contributed by atoms with Crippen LogP contribution in [-0.2, 0) is 23.1 Å². The number of hydrogen-bond acceptors (Lipinski definition) is 2. The summed E-state index contributed by atoms with van der Waals surface area (Å²) in [5.74, 6) is 0.826. The van der Waals surface area contributed by atoms with E-state index in [1.165, 1.54) is 16.7 Å². The molecule has 1 spiro atoms. The molecule has 0 radical (unpaired) electrons. The lowest BCUT2D eigenvalue weighted by Gasteiger charge is -2.20. The Morgan fingerprint density at radius 3 is 2.95 bits per heavy atom. The van der Waals surface area contributed by atoms with Crippen LogP contribution in [0.1, 0.15) is 22.3 Å². The van der Waals surface area contributed by atoms with E-state index in [2.05, 4.69) is 35.4 Å². The number of hydrogen-bond donors (Lipinski definition) is 1. The topological polar surface area (TPSA) is 42.0 Å². The van der Waals surface area contributed by atoms with Crippen LogP contribution in [0.15, 0.2) is 36.5 Å². The van der Waals surface area contributed by atoms with Crippen LogP contribution in [-0.4, -0.2) is 10.9 Å². The molecule has 1 amide bonds. The Balaban J connectivity index is 1.88. The van der Waals surface area contributed by atoms with Crippen LogP contribution in [0.4, 0.5) is 5.82 Å². The maximum Gasteiger partial charge on any atom is 0.237 e. The van der Waals surface area contributed by atoms with Gasteiger partial charge in [0.25, 0.3) is 0 Å². The average molecular weight is 250 g/mol. The zero-order valence-electron chi connectivity index (χ0n) is 10.7. The third-order valence-electron chi connectivity index (χ3n) is 4.34. The first-order valence-electron chi connectivity index (χ1n) is 6.54. The van der Waals surface area contributed by atoms with Crippen molar-refractivity contribution in [3.63, 3.8) is 0 Å². The highest BCUT2D eigenvalue weighted by Crippen LogP contribution is 2.46. The number of aryl methyl sites for hydroxylation is 1. The number of nitrogens with zero attached hydrogens (tertiary/aromatic N) is 1. The first kappa shape index (κ1) is 10.7. The molecule has 1 aliphatic heterocycles. The molecule has 2 aromatic rings. The number of pyridine rings is 1. The lowest BCUT2D eigenvalue weighted by molar-refractivity contribution is -0.120. The van der Waals surface area contributed by atoms with Gasteiger partial charge in [-0.3, -0.25) is 4.79 Å². The van der Waals surface area contributed by atoms with Crippen LogP contribution in [0.5, 0.6) is 0 Å². The molecular weight excluding hydrogens is 236 g/mol. The van der Waals surface area contributed by atoms with E-state index in [0.29, 0.717) is 0 Å². The minimum atomic E-state index is -0.431. The summed E-state index contributed by atoms with van der Waals surface area (Å²) in [6.07, 6.45) is 3.30. The Morgan fingerprint density at radius 2 is 2.05 bits per heavy atom. The maximum absolute atomic E-state index is 12.5. The molecular formula is C16H14N2O. The van der Waals surface area contributed by atoms with Crippen molar-refractivity contribution < 1.29 is 4.79 Å². The van der Waals surface area contributed by atoms with Crippen molar-refractivity contribution in [2.75, 3.05) is 5.32 Å². The number of fused-ring (bicyclic) bond motifs is 3. The number of nitrogens with one attached hydrogen (secondary N) is 1. The fourth-order valence-electron chi connectivity index (χ4n) is 3.40. The summed E-state index contributed by atoms with van der Waals surface area (Å²) < 4.78 is 0. The Labute approximate surface area is 111 Å². The van der Waals surface area contributed by atoms with Crippen LogP contribution in [0.25, 0.3) is 0 Å². The number of carbonyl (C=O) groups is 1. The van der Waals surface area contributed by atoms with E-state index in [1.54, 1.807) is 6.20 Å². The highest BCUT2D eigenvalue weighted by molar-refractivity contribution is 6.06. The van der Waals surface area contributed by atoms with Gasteiger partial charge in [0, 0.05) is 11.8 Å². The maximum atomic E-state index is 12.5. The summed E-state index contributed by atoms with van der Waals surface area (Å²) in [5, 5.41) is 2.93. The molecule has 2 aliphatic rings. The predicted molar refractivity (Wildman–Crippen MR) is 73.1 cm³/mol. The Hall–Kier alpha value is -2.16. The molecule has 94 valence electrons. The van der Waals surface area contributed by atoms with Crippen LogP contribution in [0.3, 0.4) is 0 Å². The summed E-state index contributed by atoms with van der Waals surface area (Å²) in [5.41, 5.74) is 4.46. The van der Waals surface area contributed by atoms with Crippen molar-refractivity contribution in [2.45, 2.75) is 25.2 Å². The number of aromatic nitrogens is 1. The Morgan fingerprint density at radius 1 is 1.21 bits per heavy atom. The van der Waals surface area contributed by atoms with E-state index in [4.69, 9.17) is 0 Å². The van der Waals surface area contributed by atoms with Gasteiger partial charge >= 0.3 is 0 Å². The number of anilines is 1. The second-order valence-electron chi connectivity index (χ2n) is 5.56. The van der Waals surface area contributed by atoms with E-state index >= 15 is 0 Å². The van der Waals surface area contributed by atoms with Crippen molar-refractivity contribution in [2.24, 2.45) is 0 Å². The zero-order valence-corrected chi connectivity index (χ0v) is 10.7. The number of carbonyl (C=O) groups excluding carboxylic acids is 1. The summed E-state index contributed by atoms with van der Waals surface area (Å²) in [6, 6.07) is 10.4. The molecule has 1 aromatic heterocycles. The van der Waals surface area contributed by atoms with Gasteiger partial charge in [-0.1, -0.05) is 29.8 Å². The third-order valence-corrected chi connectivity index (χ3v) is 4.34. The third kappa shape index (κ3) is 1.33. The average Bonchev–Trinajstić information content (AvgIpc) is 2.90. The molecule has 0 saturated heterocycles. The van der Waals surface area contributed by atoms with Crippen molar-refractivity contribution in [3.05, 3.63) is 58.8 Å². The standard InChI is InChI=1S/C16H14N2O/c1-10-4-5-11-8-16(9-12(11)7-10)13-3-2-6-17-14(13)18-15(16)19/h2-7H,8-9H2,1H3,(H,17,18,19). The minimum absolute atomic E-state index is 0.0926.